The predicted molar refractivity (Wildman–Crippen MR) is 122 cm³/mol. The molecule has 0 amide bonds. The van der Waals surface area contributed by atoms with Gasteiger partial charge in [-0.25, -0.2) is 4.98 Å². The molecule has 1 fully saturated rings. The van der Waals surface area contributed by atoms with Crippen molar-refractivity contribution >= 4 is 34.2 Å². The lowest BCUT2D eigenvalue weighted by atomic mass is 10.0. The summed E-state index contributed by atoms with van der Waals surface area (Å²) in [6.07, 6.45) is 7.69. The highest BCUT2D eigenvalue weighted by molar-refractivity contribution is 6.36. The number of hydrogen-bond donors (Lipinski definition) is 3. The fraction of sp³-hybridized carbons (Fsp3) is 0.217. The number of aliphatic hydroxyl groups is 1. The third kappa shape index (κ3) is 3.93. The second-order valence-corrected chi connectivity index (χ2v) is 8.32. The number of aliphatic hydroxyl groups excluding tert-OH is 1. The molecule has 1 aliphatic rings. The lowest BCUT2D eigenvalue weighted by molar-refractivity contribution is 0.0783. The highest BCUT2D eigenvalue weighted by Crippen LogP contribution is 2.27. The van der Waals surface area contributed by atoms with Gasteiger partial charge in [-0.15, -0.1) is 0 Å². The molecule has 3 aromatic heterocycles. The minimum atomic E-state index is -0.405. The minimum Gasteiger partial charge on any atom is -0.391 e. The molecule has 0 radical (unpaired) electrons. The van der Waals surface area contributed by atoms with E-state index >= 15 is 0 Å². The summed E-state index contributed by atoms with van der Waals surface area (Å²) in [5.74, 6) is 6.23. The third-order valence-electron chi connectivity index (χ3n) is 5.51. The Labute approximate surface area is 189 Å². The largest absolute Gasteiger partial charge is 0.391 e. The molecule has 2 unspecified atom stereocenters. The first-order valence-corrected chi connectivity index (χ1v) is 10.7. The number of piperidine rings is 1. The lowest BCUT2D eigenvalue weighted by Crippen LogP contribution is -2.41. The van der Waals surface area contributed by atoms with E-state index in [9.17, 15) is 5.11 Å². The average molecular weight is 452 g/mol. The molecule has 0 saturated carbocycles. The molecule has 6 nitrogen and oxygen atoms in total. The molecular weight excluding hydrogens is 433 g/mol. The number of nitrogens with one attached hydrogen (secondary N) is 2. The van der Waals surface area contributed by atoms with Crippen LogP contribution in [-0.4, -0.2) is 44.0 Å². The number of nitrogens with zero attached hydrogens (tertiary/aromatic N) is 3. The van der Waals surface area contributed by atoms with E-state index in [2.05, 4.69) is 32.2 Å². The molecule has 1 saturated heterocycles. The van der Waals surface area contributed by atoms with Crippen LogP contribution in [0.4, 0.5) is 0 Å². The van der Waals surface area contributed by atoms with E-state index < -0.39 is 6.10 Å². The van der Waals surface area contributed by atoms with E-state index in [4.69, 9.17) is 23.2 Å². The second kappa shape index (κ2) is 8.37. The van der Waals surface area contributed by atoms with Crippen LogP contribution in [0.5, 0.6) is 0 Å². The maximum Gasteiger partial charge on any atom is 0.138 e. The average Bonchev–Trinajstić information content (AvgIpc) is 3.41. The van der Waals surface area contributed by atoms with Gasteiger partial charge in [0, 0.05) is 41.6 Å². The fourth-order valence-corrected chi connectivity index (χ4v) is 4.27. The number of halogens is 2. The van der Waals surface area contributed by atoms with Gasteiger partial charge >= 0.3 is 0 Å². The number of aromatic nitrogens is 4. The normalized spacial score (nSPS) is 18.7. The molecule has 0 spiro atoms. The van der Waals surface area contributed by atoms with E-state index in [0.29, 0.717) is 28.6 Å². The van der Waals surface area contributed by atoms with Gasteiger partial charge < -0.3 is 15.4 Å². The molecule has 4 heterocycles. The number of aromatic amines is 1. The highest BCUT2D eigenvalue weighted by atomic mass is 35.5. The van der Waals surface area contributed by atoms with Crippen molar-refractivity contribution in [2.45, 2.75) is 18.6 Å². The van der Waals surface area contributed by atoms with Gasteiger partial charge in [0.2, 0.25) is 0 Å². The predicted octanol–water partition coefficient (Wildman–Crippen LogP) is 4.03. The number of hydrogen-bond acceptors (Lipinski definition) is 4. The Balaban J connectivity index is 1.48. The lowest BCUT2D eigenvalue weighted by Gasteiger charge is -2.28. The van der Waals surface area contributed by atoms with Crippen molar-refractivity contribution in [3.05, 3.63) is 70.2 Å². The van der Waals surface area contributed by atoms with Gasteiger partial charge in [-0.2, -0.15) is 5.10 Å². The van der Waals surface area contributed by atoms with Crippen molar-refractivity contribution in [1.82, 2.24) is 25.1 Å². The van der Waals surface area contributed by atoms with Gasteiger partial charge in [-0.3, -0.25) is 4.68 Å². The van der Waals surface area contributed by atoms with Crippen molar-refractivity contribution in [3.63, 3.8) is 0 Å². The van der Waals surface area contributed by atoms with Crippen LogP contribution in [0.25, 0.3) is 22.2 Å². The Morgan fingerprint density at radius 1 is 1.13 bits per heavy atom. The molecule has 156 valence electrons. The molecule has 0 aliphatic carbocycles. The number of benzene rings is 1. The maximum absolute atomic E-state index is 10.3. The Kier molecular flexibility index (Phi) is 5.43. The SMILES string of the molecule is OC1CCNCC1n1cc(-c2cnc3[nH]cc(C#Cc4c(Cl)cccc4Cl)c3c2)cn1. The van der Waals surface area contributed by atoms with Crippen LogP contribution in [0.3, 0.4) is 0 Å². The van der Waals surface area contributed by atoms with Crippen LogP contribution in [0.1, 0.15) is 23.6 Å². The number of pyridine rings is 1. The first-order chi connectivity index (χ1) is 15.1. The Hall–Kier alpha value is -2.82. The van der Waals surface area contributed by atoms with Crippen molar-refractivity contribution in [2.75, 3.05) is 13.1 Å². The first kappa shape index (κ1) is 20.1. The van der Waals surface area contributed by atoms with Gasteiger partial charge in [-0.1, -0.05) is 41.1 Å². The summed E-state index contributed by atoms with van der Waals surface area (Å²) in [6.45, 7) is 1.52. The van der Waals surface area contributed by atoms with Gasteiger partial charge in [0.1, 0.15) is 5.65 Å². The van der Waals surface area contributed by atoms with Crippen molar-refractivity contribution in [3.8, 4) is 23.0 Å². The summed E-state index contributed by atoms with van der Waals surface area (Å²) < 4.78 is 1.83. The topological polar surface area (TPSA) is 78.8 Å². The van der Waals surface area contributed by atoms with Crippen molar-refractivity contribution in [2.24, 2.45) is 0 Å². The second-order valence-electron chi connectivity index (χ2n) is 7.51. The zero-order valence-corrected chi connectivity index (χ0v) is 18.0. The quantitative estimate of drug-likeness (QED) is 0.402. The molecule has 4 aromatic rings. The van der Waals surface area contributed by atoms with Crippen molar-refractivity contribution in [1.29, 1.82) is 0 Å². The number of rotatable bonds is 2. The standard InChI is InChI=1S/C23H19Cl2N5O/c24-19-2-1-3-20(25)17(19)5-4-14-9-27-23-18(14)8-15(10-28-23)16-11-29-30(13-16)21-12-26-7-6-22(21)31/h1-3,8-11,13,21-22,26,31H,6-7,12H2,(H,27,28). The molecule has 8 heteroatoms. The molecule has 5 rings (SSSR count). The summed E-state index contributed by atoms with van der Waals surface area (Å²) in [6, 6.07) is 7.29. The molecule has 2 atom stereocenters. The molecular formula is C23H19Cl2N5O. The monoisotopic (exact) mass is 451 g/mol. The maximum atomic E-state index is 10.3. The van der Waals surface area contributed by atoms with Gasteiger partial charge in [-0.05, 0) is 31.2 Å². The smallest absolute Gasteiger partial charge is 0.138 e. The number of H-pyrrole nitrogens is 1. The third-order valence-corrected chi connectivity index (χ3v) is 6.14. The summed E-state index contributed by atoms with van der Waals surface area (Å²) in [5.41, 5.74) is 4.01. The van der Waals surface area contributed by atoms with E-state index in [0.717, 1.165) is 34.3 Å². The van der Waals surface area contributed by atoms with E-state index in [-0.39, 0.29) is 6.04 Å². The fourth-order valence-electron chi connectivity index (χ4n) is 3.78. The van der Waals surface area contributed by atoms with E-state index in [1.54, 1.807) is 30.6 Å². The highest BCUT2D eigenvalue weighted by Gasteiger charge is 2.25. The van der Waals surface area contributed by atoms with E-state index in [1.165, 1.54) is 0 Å². The molecule has 3 N–H and O–H groups in total. The van der Waals surface area contributed by atoms with Gasteiger partial charge in [0.05, 0.1) is 39.5 Å². The summed E-state index contributed by atoms with van der Waals surface area (Å²) in [7, 11) is 0. The van der Waals surface area contributed by atoms with E-state index in [1.807, 2.05) is 23.1 Å². The zero-order chi connectivity index (χ0) is 21.4. The molecule has 31 heavy (non-hydrogen) atoms. The van der Waals surface area contributed by atoms with Crippen LogP contribution in [0, 0.1) is 11.8 Å². The van der Waals surface area contributed by atoms with Crippen LogP contribution < -0.4 is 5.32 Å². The van der Waals surface area contributed by atoms with Crippen LogP contribution in [0.15, 0.2) is 49.1 Å². The Bertz CT molecular complexity index is 1300. The van der Waals surface area contributed by atoms with Crippen LogP contribution in [0.2, 0.25) is 10.0 Å². The molecule has 0 bridgehead atoms. The van der Waals surface area contributed by atoms with Gasteiger partial charge in [0.15, 0.2) is 0 Å². The van der Waals surface area contributed by atoms with Crippen molar-refractivity contribution < 1.29 is 5.11 Å². The minimum absolute atomic E-state index is 0.0757. The molecule has 1 aromatic carbocycles. The van der Waals surface area contributed by atoms with Gasteiger partial charge in [0.25, 0.3) is 0 Å². The zero-order valence-electron chi connectivity index (χ0n) is 16.4. The van der Waals surface area contributed by atoms with Crippen LogP contribution >= 0.6 is 23.2 Å². The molecule has 1 aliphatic heterocycles. The Morgan fingerprint density at radius 3 is 2.77 bits per heavy atom. The van der Waals surface area contributed by atoms with Crippen LogP contribution in [-0.2, 0) is 0 Å². The summed E-state index contributed by atoms with van der Waals surface area (Å²) in [5, 5.41) is 20.0. The first-order valence-electron chi connectivity index (χ1n) is 9.96. The summed E-state index contributed by atoms with van der Waals surface area (Å²) in [4.78, 5) is 7.68. The Morgan fingerprint density at radius 2 is 1.97 bits per heavy atom. The number of fused-ring (bicyclic) bond motifs is 1. The summed E-state index contributed by atoms with van der Waals surface area (Å²) >= 11 is 12.5.